The molecule has 1 saturated carbocycles. The fraction of sp³-hybridized carbons (Fsp3) is 0.391. The normalized spacial score (nSPS) is 19.3. The monoisotopic (exact) mass is 471 g/mol. The Bertz CT molecular complexity index is 1230. The minimum Gasteiger partial charge on any atom is -0.495 e. The van der Waals surface area contributed by atoms with Gasteiger partial charge in [0, 0.05) is 30.6 Å². The van der Waals surface area contributed by atoms with Gasteiger partial charge >= 0.3 is 0 Å². The number of benzene rings is 2. The van der Waals surface area contributed by atoms with Crippen molar-refractivity contribution >= 4 is 37.5 Å². The molecule has 0 unspecified atom stereocenters. The number of piperidine rings is 1. The topological polar surface area (TPSA) is 88.6 Å². The molecule has 1 atom stereocenters. The summed E-state index contributed by atoms with van der Waals surface area (Å²) in [4.78, 5) is 19.9. The van der Waals surface area contributed by atoms with Gasteiger partial charge < -0.3 is 9.64 Å². The van der Waals surface area contributed by atoms with Gasteiger partial charge in [0.05, 0.1) is 22.3 Å². The van der Waals surface area contributed by atoms with Crippen molar-refractivity contribution in [3.63, 3.8) is 0 Å². The first-order chi connectivity index (χ1) is 15.4. The summed E-state index contributed by atoms with van der Waals surface area (Å²) in [6.45, 7) is 1.22. The molecule has 1 N–H and O–H groups in total. The molecule has 2 aliphatic rings. The number of thiazole rings is 1. The number of sulfonamides is 1. The highest BCUT2D eigenvalue weighted by Crippen LogP contribution is 2.34. The molecule has 9 heteroatoms. The number of carbonyl (C=O) groups is 1. The highest BCUT2D eigenvalue weighted by molar-refractivity contribution is 7.89. The molecule has 0 radical (unpaired) electrons. The lowest BCUT2D eigenvalue weighted by Gasteiger charge is -2.32. The number of rotatable bonds is 6. The fourth-order valence-electron chi connectivity index (χ4n) is 4.11. The zero-order chi connectivity index (χ0) is 22.3. The van der Waals surface area contributed by atoms with Crippen LogP contribution >= 0.6 is 11.3 Å². The van der Waals surface area contributed by atoms with E-state index in [4.69, 9.17) is 9.72 Å². The maximum absolute atomic E-state index is 13.3. The van der Waals surface area contributed by atoms with Crippen molar-refractivity contribution in [3.05, 3.63) is 53.0 Å². The number of likely N-dealkylation sites (tertiary alicyclic amines) is 1. The van der Waals surface area contributed by atoms with Crippen LogP contribution in [0.3, 0.4) is 0 Å². The van der Waals surface area contributed by atoms with Crippen LogP contribution in [0.25, 0.3) is 10.2 Å². The minimum atomic E-state index is -3.75. The largest absolute Gasteiger partial charge is 0.495 e. The van der Waals surface area contributed by atoms with Gasteiger partial charge in [-0.2, -0.15) is 0 Å². The van der Waals surface area contributed by atoms with Crippen LogP contribution in [0.4, 0.5) is 0 Å². The van der Waals surface area contributed by atoms with E-state index in [1.54, 1.807) is 23.5 Å². The Morgan fingerprint density at radius 1 is 1.19 bits per heavy atom. The lowest BCUT2D eigenvalue weighted by atomic mass is 9.98. The third-order valence-corrected chi connectivity index (χ3v) is 8.71. The molecular weight excluding hydrogens is 446 g/mol. The number of ether oxygens (including phenoxy) is 1. The number of methoxy groups -OCH3 is 1. The molecule has 2 fully saturated rings. The molecule has 1 aliphatic heterocycles. The van der Waals surface area contributed by atoms with Crippen LogP contribution in [0.1, 0.15) is 47.0 Å². The van der Waals surface area contributed by atoms with Crippen molar-refractivity contribution in [2.75, 3.05) is 20.2 Å². The number of nitrogens with zero attached hydrogens (tertiary/aromatic N) is 2. The van der Waals surface area contributed by atoms with Gasteiger partial charge in [-0.15, -0.1) is 11.3 Å². The van der Waals surface area contributed by atoms with Crippen LogP contribution in [0.5, 0.6) is 5.75 Å². The molecular formula is C23H25N3O4S2. The summed E-state index contributed by atoms with van der Waals surface area (Å²) in [5, 5.41) is 1.05. The van der Waals surface area contributed by atoms with Gasteiger partial charge in [0.2, 0.25) is 10.0 Å². The number of hydrogen-bond donors (Lipinski definition) is 1. The zero-order valence-corrected chi connectivity index (χ0v) is 19.4. The van der Waals surface area contributed by atoms with Gasteiger partial charge in [0.15, 0.2) is 0 Å². The highest BCUT2D eigenvalue weighted by atomic mass is 32.2. The minimum absolute atomic E-state index is 0.0116. The van der Waals surface area contributed by atoms with E-state index >= 15 is 0 Å². The summed E-state index contributed by atoms with van der Waals surface area (Å²) < 4.78 is 34.7. The van der Waals surface area contributed by atoms with Crippen molar-refractivity contribution in [2.45, 2.75) is 42.5 Å². The number of para-hydroxylation sites is 1. The van der Waals surface area contributed by atoms with Crippen LogP contribution in [0.2, 0.25) is 0 Å². The average Bonchev–Trinajstić information content (AvgIpc) is 3.50. The lowest BCUT2D eigenvalue weighted by molar-refractivity contribution is 0.0707. The number of aromatic nitrogens is 1. The van der Waals surface area contributed by atoms with Crippen LogP contribution < -0.4 is 9.46 Å². The molecule has 168 valence electrons. The van der Waals surface area contributed by atoms with Gasteiger partial charge in [-0.05, 0) is 56.0 Å². The molecule has 1 saturated heterocycles. The van der Waals surface area contributed by atoms with E-state index in [1.165, 1.54) is 13.2 Å². The van der Waals surface area contributed by atoms with Crippen molar-refractivity contribution in [1.82, 2.24) is 14.6 Å². The summed E-state index contributed by atoms with van der Waals surface area (Å²) in [6, 6.07) is 12.7. The molecule has 2 aromatic carbocycles. The Morgan fingerprint density at radius 3 is 2.75 bits per heavy atom. The SMILES string of the molecule is COc1ccc(C(=O)N2CCC[C@H](c3nc4ccccc4s3)C2)cc1S(=O)(=O)NC1CC1. The standard InChI is InChI=1S/C23H25N3O4S2/c1-30-19-11-8-15(13-21(19)32(28,29)25-17-9-10-17)23(27)26-12-4-5-16(14-26)22-24-18-6-2-3-7-20(18)31-22/h2-3,6-8,11,13,16-17,25H,4-5,9-10,12,14H2,1H3/t16-/m0/s1. The molecule has 1 aliphatic carbocycles. The van der Waals surface area contributed by atoms with Crippen molar-refractivity contribution < 1.29 is 17.9 Å². The van der Waals surface area contributed by atoms with Gasteiger partial charge in [0.1, 0.15) is 10.6 Å². The van der Waals surface area contributed by atoms with Crippen LogP contribution in [0, 0.1) is 0 Å². The summed E-state index contributed by atoms with van der Waals surface area (Å²) in [7, 11) is -2.32. The van der Waals surface area contributed by atoms with Crippen LogP contribution in [-0.2, 0) is 10.0 Å². The maximum atomic E-state index is 13.3. The average molecular weight is 472 g/mol. The second-order valence-electron chi connectivity index (χ2n) is 8.37. The van der Waals surface area contributed by atoms with E-state index < -0.39 is 10.0 Å². The van der Waals surface area contributed by atoms with Crippen LogP contribution in [-0.4, -0.2) is 50.5 Å². The predicted molar refractivity (Wildman–Crippen MR) is 124 cm³/mol. The van der Waals surface area contributed by atoms with Crippen molar-refractivity contribution in [3.8, 4) is 5.75 Å². The number of hydrogen-bond acceptors (Lipinski definition) is 6. The van der Waals surface area contributed by atoms with Gasteiger partial charge in [-0.25, -0.2) is 18.1 Å². The maximum Gasteiger partial charge on any atom is 0.253 e. The molecule has 5 rings (SSSR count). The predicted octanol–water partition coefficient (Wildman–Crippen LogP) is 3.77. The molecule has 0 spiro atoms. The first-order valence-corrected chi connectivity index (χ1v) is 13.1. The van der Waals surface area contributed by atoms with E-state index in [0.717, 1.165) is 40.9 Å². The Hall–Kier alpha value is -2.49. The van der Waals surface area contributed by atoms with Gasteiger partial charge in [0.25, 0.3) is 5.91 Å². The molecule has 1 aromatic heterocycles. The summed E-state index contributed by atoms with van der Waals surface area (Å²) in [5.41, 5.74) is 1.34. The van der Waals surface area contributed by atoms with Gasteiger partial charge in [-0.1, -0.05) is 12.1 Å². The van der Waals surface area contributed by atoms with Gasteiger partial charge in [-0.3, -0.25) is 4.79 Å². The van der Waals surface area contributed by atoms with E-state index in [-0.39, 0.29) is 28.5 Å². The molecule has 2 heterocycles. The van der Waals surface area contributed by atoms with Crippen molar-refractivity contribution in [2.24, 2.45) is 0 Å². The molecule has 1 amide bonds. The second-order valence-corrected chi connectivity index (χ2v) is 11.1. The third kappa shape index (κ3) is 4.24. The highest BCUT2D eigenvalue weighted by Gasteiger charge is 2.32. The number of fused-ring (bicyclic) bond motifs is 1. The Kier molecular flexibility index (Phi) is 5.65. The molecule has 3 aromatic rings. The van der Waals surface area contributed by atoms with E-state index in [9.17, 15) is 13.2 Å². The summed E-state index contributed by atoms with van der Waals surface area (Å²) in [5.74, 6) is 0.255. The van der Waals surface area contributed by atoms with E-state index in [0.29, 0.717) is 18.7 Å². The number of carbonyl (C=O) groups excluding carboxylic acids is 1. The van der Waals surface area contributed by atoms with Crippen LogP contribution in [0.15, 0.2) is 47.4 Å². The zero-order valence-electron chi connectivity index (χ0n) is 17.8. The molecule has 7 nitrogen and oxygen atoms in total. The Morgan fingerprint density at radius 2 is 2.00 bits per heavy atom. The summed E-state index contributed by atoms with van der Waals surface area (Å²) in [6.07, 6.45) is 3.54. The first-order valence-electron chi connectivity index (χ1n) is 10.8. The summed E-state index contributed by atoms with van der Waals surface area (Å²) >= 11 is 1.68. The quantitative estimate of drug-likeness (QED) is 0.591. The number of amides is 1. The molecule has 0 bridgehead atoms. The third-order valence-electron chi connectivity index (χ3n) is 5.97. The fourth-order valence-corrected chi connectivity index (χ4v) is 6.71. The lowest BCUT2D eigenvalue weighted by Crippen LogP contribution is -2.39. The first kappa shape index (κ1) is 21.4. The second kappa shape index (κ2) is 8.46. The van der Waals surface area contributed by atoms with E-state index in [1.807, 2.05) is 23.1 Å². The Balaban J connectivity index is 1.39. The van der Waals surface area contributed by atoms with E-state index in [2.05, 4.69) is 10.8 Å². The van der Waals surface area contributed by atoms with Crippen molar-refractivity contribution in [1.29, 1.82) is 0 Å². The Labute approximate surface area is 191 Å². The molecule has 32 heavy (non-hydrogen) atoms. The smallest absolute Gasteiger partial charge is 0.253 e. The number of nitrogens with one attached hydrogen (secondary N) is 1.